The Balaban J connectivity index is 1.46. The lowest BCUT2D eigenvalue weighted by Crippen LogP contribution is -2.08. The van der Waals surface area contributed by atoms with Gasteiger partial charge in [0, 0.05) is 5.69 Å². The molecule has 4 aromatic rings. The van der Waals surface area contributed by atoms with Crippen LogP contribution in [0.1, 0.15) is 17.0 Å². The average molecular weight is 405 g/mol. The molecular weight excluding hydrogens is 386 g/mol. The van der Waals surface area contributed by atoms with Gasteiger partial charge in [-0.3, -0.25) is 0 Å². The SMILES string of the molecule is Cc1ccccc1Nc1nc(N)nc(CSc2nnnn2Cc2ccccc2)n1. The van der Waals surface area contributed by atoms with Crippen LogP contribution in [0, 0.1) is 6.92 Å². The number of nitrogens with one attached hydrogen (secondary N) is 1. The molecule has 0 fully saturated rings. The van der Waals surface area contributed by atoms with E-state index in [9.17, 15) is 0 Å². The predicted octanol–water partition coefficient (Wildman–Crippen LogP) is 2.83. The van der Waals surface area contributed by atoms with Gasteiger partial charge in [-0.25, -0.2) is 4.68 Å². The third kappa shape index (κ3) is 4.85. The molecule has 0 saturated heterocycles. The molecule has 0 unspecified atom stereocenters. The average Bonchev–Trinajstić information content (AvgIpc) is 3.15. The van der Waals surface area contributed by atoms with E-state index in [1.54, 1.807) is 4.68 Å². The maximum Gasteiger partial charge on any atom is 0.232 e. The van der Waals surface area contributed by atoms with Crippen molar-refractivity contribution in [3.8, 4) is 0 Å². The molecule has 0 aliphatic carbocycles. The van der Waals surface area contributed by atoms with E-state index >= 15 is 0 Å². The Morgan fingerprint density at radius 2 is 1.79 bits per heavy atom. The normalized spacial score (nSPS) is 10.8. The quantitative estimate of drug-likeness (QED) is 0.447. The number of hydrogen-bond donors (Lipinski definition) is 2. The number of nitrogens with zero attached hydrogens (tertiary/aromatic N) is 7. The van der Waals surface area contributed by atoms with Crippen molar-refractivity contribution >= 4 is 29.3 Å². The number of rotatable bonds is 7. The predicted molar refractivity (Wildman–Crippen MR) is 112 cm³/mol. The number of nitrogens with two attached hydrogens (primary N) is 1. The fourth-order valence-corrected chi connectivity index (χ4v) is 3.41. The van der Waals surface area contributed by atoms with E-state index < -0.39 is 0 Å². The van der Waals surface area contributed by atoms with Crippen LogP contribution in [0.25, 0.3) is 0 Å². The highest BCUT2D eigenvalue weighted by molar-refractivity contribution is 7.98. The second kappa shape index (κ2) is 8.65. The summed E-state index contributed by atoms with van der Waals surface area (Å²) in [4.78, 5) is 12.9. The highest BCUT2D eigenvalue weighted by Gasteiger charge is 2.11. The Morgan fingerprint density at radius 3 is 2.62 bits per heavy atom. The van der Waals surface area contributed by atoms with Gasteiger partial charge in [0.2, 0.25) is 17.1 Å². The zero-order chi connectivity index (χ0) is 20.1. The van der Waals surface area contributed by atoms with E-state index in [0.717, 1.165) is 16.8 Å². The van der Waals surface area contributed by atoms with Crippen LogP contribution in [-0.4, -0.2) is 35.2 Å². The van der Waals surface area contributed by atoms with Crippen LogP contribution in [0.3, 0.4) is 0 Å². The van der Waals surface area contributed by atoms with Crippen molar-refractivity contribution in [2.45, 2.75) is 24.4 Å². The number of anilines is 3. The molecule has 0 spiro atoms. The molecule has 0 aliphatic rings. The van der Waals surface area contributed by atoms with Gasteiger partial charge >= 0.3 is 0 Å². The molecular formula is C19H19N9S. The lowest BCUT2D eigenvalue weighted by molar-refractivity contribution is 0.602. The molecule has 0 aliphatic heterocycles. The van der Waals surface area contributed by atoms with Crippen molar-refractivity contribution in [3.05, 3.63) is 71.5 Å². The highest BCUT2D eigenvalue weighted by atomic mass is 32.2. The van der Waals surface area contributed by atoms with E-state index in [1.807, 2.05) is 61.5 Å². The monoisotopic (exact) mass is 405 g/mol. The Bertz CT molecular complexity index is 1100. The minimum atomic E-state index is 0.163. The second-order valence-electron chi connectivity index (χ2n) is 6.27. The maximum absolute atomic E-state index is 5.88. The van der Waals surface area contributed by atoms with Crippen molar-refractivity contribution in [2.24, 2.45) is 0 Å². The van der Waals surface area contributed by atoms with Gasteiger partial charge in [0.25, 0.3) is 0 Å². The van der Waals surface area contributed by atoms with Crippen molar-refractivity contribution in [3.63, 3.8) is 0 Å². The number of aromatic nitrogens is 7. The first-order chi connectivity index (χ1) is 14.2. The van der Waals surface area contributed by atoms with Gasteiger partial charge < -0.3 is 11.1 Å². The fraction of sp³-hybridized carbons (Fsp3) is 0.158. The van der Waals surface area contributed by atoms with Gasteiger partial charge in [-0.15, -0.1) is 5.10 Å². The lowest BCUT2D eigenvalue weighted by atomic mass is 10.2. The van der Waals surface area contributed by atoms with Gasteiger partial charge in [-0.1, -0.05) is 60.3 Å². The summed E-state index contributed by atoms with van der Waals surface area (Å²) in [6.07, 6.45) is 0. The molecule has 0 radical (unpaired) electrons. The number of nitrogen functional groups attached to an aromatic ring is 1. The van der Waals surface area contributed by atoms with Crippen LogP contribution in [0.5, 0.6) is 0 Å². The summed E-state index contributed by atoms with van der Waals surface area (Å²) in [6.45, 7) is 2.60. The number of tetrazole rings is 1. The zero-order valence-electron chi connectivity index (χ0n) is 15.7. The van der Waals surface area contributed by atoms with E-state index in [2.05, 4.69) is 35.8 Å². The third-order valence-electron chi connectivity index (χ3n) is 4.10. The van der Waals surface area contributed by atoms with Crippen LogP contribution in [0.15, 0.2) is 59.8 Å². The molecule has 29 heavy (non-hydrogen) atoms. The maximum atomic E-state index is 5.88. The van der Waals surface area contributed by atoms with Crippen LogP contribution >= 0.6 is 11.8 Å². The third-order valence-corrected chi connectivity index (χ3v) is 5.05. The van der Waals surface area contributed by atoms with E-state index in [0.29, 0.717) is 29.2 Å². The Kier molecular flexibility index (Phi) is 5.61. The largest absolute Gasteiger partial charge is 0.368 e. The molecule has 3 N–H and O–H groups in total. The lowest BCUT2D eigenvalue weighted by Gasteiger charge is -2.09. The van der Waals surface area contributed by atoms with Crippen LogP contribution < -0.4 is 11.1 Å². The fourth-order valence-electron chi connectivity index (χ4n) is 2.68. The number of benzene rings is 2. The molecule has 0 bridgehead atoms. The van der Waals surface area contributed by atoms with Crippen molar-refractivity contribution in [2.75, 3.05) is 11.1 Å². The Morgan fingerprint density at radius 1 is 1.00 bits per heavy atom. The van der Waals surface area contributed by atoms with Crippen molar-refractivity contribution in [1.29, 1.82) is 0 Å². The van der Waals surface area contributed by atoms with Gasteiger partial charge in [-0.05, 0) is 34.5 Å². The Hall–Kier alpha value is -3.53. The summed E-state index contributed by atoms with van der Waals surface area (Å²) in [5.74, 6) is 1.58. The minimum absolute atomic E-state index is 0.163. The minimum Gasteiger partial charge on any atom is -0.368 e. The molecule has 2 aromatic heterocycles. The topological polar surface area (TPSA) is 120 Å². The van der Waals surface area contributed by atoms with Crippen LogP contribution in [-0.2, 0) is 12.3 Å². The Labute approximate surface area is 171 Å². The first kappa shape index (κ1) is 18.8. The molecule has 0 amide bonds. The van der Waals surface area contributed by atoms with Crippen molar-refractivity contribution in [1.82, 2.24) is 35.2 Å². The van der Waals surface area contributed by atoms with Gasteiger partial charge in [0.05, 0.1) is 12.3 Å². The van der Waals surface area contributed by atoms with E-state index in [-0.39, 0.29) is 5.95 Å². The van der Waals surface area contributed by atoms with Crippen molar-refractivity contribution < 1.29 is 0 Å². The smallest absolute Gasteiger partial charge is 0.232 e. The molecule has 4 rings (SSSR count). The van der Waals surface area contributed by atoms with E-state index in [4.69, 9.17) is 5.73 Å². The molecule has 146 valence electrons. The number of para-hydroxylation sites is 1. The first-order valence-corrected chi connectivity index (χ1v) is 9.92. The molecule has 0 atom stereocenters. The molecule has 2 heterocycles. The number of aryl methyl sites for hydroxylation is 1. The molecule has 2 aromatic carbocycles. The summed E-state index contributed by atoms with van der Waals surface area (Å²) >= 11 is 1.44. The summed E-state index contributed by atoms with van der Waals surface area (Å²) in [7, 11) is 0. The first-order valence-electron chi connectivity index (χ1n) is 8.93. The van der Waals surface area contributed by atoms with Gasteiger partial charge in [0.15, 0.2) is 0 Å². The zero-order valence-corrected chi connectivity index (χ0v) is 16.5. The van der Waals surface area contributed by atoms with Crippen LogP contribution in [0.2, 0.25) is 0 Å². The van der Waals surface area contributed by atoms with Gasteiger partial charge in [-0.2, -0.15) is 15.0 Å². The molecule has 10 heteroatoms. The number of thioether (sulfide) groups is 1. The van der Waals surface area contributed by atoms with Crippen LogP contribution in [0.4, 0.5) is 17.6 Å². The standard InChI is InChI=1S/C19H19N9S/c1-13-7-5-6-10-15(13)21-18-23-16(22-17(20)24-18)12-29-19-25-26-27-28(19)11-14-8-3-2-4-9-14/h2-10H,11-12H2,1H3,(H3,20,21,22,23,24). The highest BCUT2D eigenvalue weighted by Crippen LogP contribution is 2.21. The summed E-state index contributed by atoms with van der Waals surface area (Å²) < 4.78 is 1.75. The summed E-state index contributed by atoms with van der Waals surface area (Å²) in [5.41, 5.74) is 9.00. The van der Waals surface area contributed by atoms with E-state index in [1.165, 1.54) is 11.8 Å². The van der Waals surface area contributed by atoms with Gasteiger partial charge in [0.1, 0.15) is 5.82 Å². The molecule has 9 nitrogen and oxygen atoms in total. The summed E-state index contributed by atoms with van der Waals surface area (Å²) in [5, 5.41) is 15.8. The molecule has 0 saturated carbocycles. The second-order valence-corrected chi connectivity index (χ2v) is 7.21. The summed E-state index contributed by atoms with van der Waals surface area (Å²) in [6, 6.07) is 17.9. The number of hydrogen-bond acceptors (Lipinski definition) is 9.